The van der Waals surface area contributed by atoms with E-state index in [4.69, 9.17) is 4.74 Å². The number of hydrogen-bond acceptors (Lipinski definition) is 1. The minimum atomic E-state index is -0.921. The van der Waals surface area contributed by atoms with E-state index in [0.29, 0.717) is 27.8 Å². The zero-order valence-corrected chi connectivity index (χ0v) is 18.3. The highest BCUT2D eigenvalue weighted by Gasteiger charge is 2.22. The van der Waals surface area contributed by atoms with Crippen LogP contribution < -0.4 is 0 Å². The van der Waals surface area contributed by atoms with Crippen LogP contribution in [0.15, 0.2) is 48.5 Å². The first kappa shape index (κ1) is 22.4. The third-order valence-corrected chi connectivity index (χ3v) is 6.53. The Labute approximate surface area is 187 Å². The van der Waals surface area contributed by atoms with Gasteiger partial charge in [0.1, 0.15) is 5.82 Å². The molecular weight excluding hydrogens is 409 g/mol. The number of benzene rings is 3. The van der Waals surface area contributed by atoms with Gasteiger partial charge in [-0.05, 0) is 91.6 Å². The fraction of sp³-hybridized carbons (Fsp3) is 0.357. The minimum absolute atomic E-state index is 0.307. The van der Waals surface area contributed by atoms with Gasteiger partial charge in [0.15, 0.2) is 11.6 Å². The van der Waals surface area contributed by atoms with E-state index in [-0.39, 0.29) is 5.82 Å². The number of hydrogen-bond donors (Lipinski definition) is 0. The molecule has 0 N–H and O–H groups in total. The van der Waals surface area contributed by atoms with E-state index in [0.717, 1.165) is 49.5 Å². The van der Waals surface area contributed by atoms with Crippen LogP contribution in [0.5, 0.6) is 0 Å². The van der Waals surface area contributed by atoms with Gasteiger partial charge in [-0.2, -0.15) is 0 Å². The second kappa shape index (κ2) is 10.2. The van der Waals surface area contributed by atoms with Gasteiger partial charge in [-0.15, -0.1) is 0 Å². The predicted octanol–water partition coefficient (Wildman–Crippen LogP) is 7.36. The lowest BCUT2D eigenvalue weighted by Crippen LogP contribution is -2.14. The number of methoxy groups -OCH3 is 1. The molecular formula is C28H27F3O. The number of fused-ring (bicyclic) bond motifs is 1. The summed E-state index contributed by atoms with van der Waals surface area (Å²) in [5.74, 6) is 4.78. The number of rotatable bonds is 5. The summed E-state index contributed by atoms with van der Waals surface area (Å²) < 4.78 is 47.1. The molecule has 0 atom stereocenters. The van der Waals surface area contributed by atoms with Crippen molar-refractivity contribution in [2.24, 2.45) is 5.92 Å². The SMILES string of the molecule is COCCCC1CCC(c2ccc(C#Cc3cccc4cc(F)c(F)cc34)c(F)c2)CC1. The number of ether oxygens (including phenoxy) is 1. The summed E-state index contributed by atoms with van der Waals surface area (Å²) in [5.41, 5.74) is 1.88. The summed E-state index contributed by atoms with van der Waals surface area (Å²) in [6.07, 6.45) is 6.83. The van der Waals surface area contributed by atoms with Crippen molar-refractivity contribution in [1.29, 1.82) is 0 Å². The van der Waals surface area contributed by atoms with Crippen LogP contribution in [0.4, 0.5) is 13.2 Å². The highest BCUT2D eigenvalue weighted by Crippen LogP contribution is 2.37. The van der Waals surface area contributed by atoms with Gasteiger partial charge in [-0.25, -0.2) is 13.2 Å². The van der Waals surface area contributed by atoms with Crippen molar-refractivity contribution in [3.63, 3.8) is 0 Å². The van der Waals surface area contributed by atoms with Crippen molar-refractivity contribution in [1.82, 2.24) is 0 Å². The van der Waals surface area contributed by atoms with Gasteiger partial charge in [0.05, 0.1) is 5.56 Å². The second-order valence-corrected chi connectivity index (χ2v) is 8.63. The van der Waals surface area contributed by atoms with E-state index in [2.05, 4.69) is 11.8 Å². The van der Waals surface area contributed by atoms with Crippen molar-refractivity contribution in [3.05, 3.63) is 82.7 Å². The molecule has 4 heteroatoms. The van der Waals surface area contributed by atoms with Crippen LogP contribution in [0, 0.1) is 35.2 Å². The molecule has 1 fully saturated rings. The third kappa shape index (κ3) is 5.16. The molecule has 166 valence electrons. The van der Waals surface area contributed by atoms with E-state index in [1.165, 1.54) is 19.3 Å². The molecule has 0 heterocycles. The zero-order valence-electron chi connectivity index (χ0n) is 18.3. The zero-order chi connectivity index (χ0) is 22.5. The standard InChI is InChI=1S/C28H27F3O/c1-32-15-3-4-19-7-9-20(10-8-19)23-14-13-22(26(29)16-23)12-11-21-5-2-6-24-17-27(30)28(31)18-25(21)24/h2,5-6,13-14,16-20H,3-4,7-10,15H2,1H3. The van der Waals surface area contributed by atoms with Crippen molar-refractivity contribution in [3.8, 4) is 11.8 Å². The van der Waals surface area contributed by atoms with Crippen LogP contribution in [0.3, 0.4) is 0 Å². The van der Waals surface area contributed by atoms with E-state index in [1.807, 2.05) is 6.07 Å². The van der Waals surface area contributed by atoms with Crippen LogP contribution in [-0.4, -0.2) is 13.7 Å². The summed E-state index contributed by atoms with van der Waals surface area (Å²) in [6.45, 7) is 0.818. The van der Waals surface area contributed by atoms with Gasteiger partial charge in [0.2, 0.25) is 0 Å². The highest BCUT2D eigenvalue weighted by molar-refractivity contribution is 5.88. The molecule has 1 saturated carbocycles. The molecule has 1 aliphatic carbocycles. The average molecular weight is 437 g/mol. The molecule has 3 aromatic carbocycles. The molecule has 0 saturated heterocycles. The molecule has 0 aromatic heterocycles. The van der Waals surface area contributed by atoms with Crippen molar-refractivity contribution in [2.75, 3.05) is 13.7 Å². The van der Waals surface area contributed by atoms with E-state index >= 15 is 0 Å². The Kier molecular flexibility index (Phi) is 7.17. The Morgan fingerprint density at radius 3 is 2.34 bits per heavy atom. The van der Waals surface area contributed by atoms with Crippen LogP contribution in [0.25, 0.3) is 10.8 Å². The molecule has 3 aromatic rings. The topological polar surface area (TPSA) is 9.23 Å². The third-order valence-electron chi connectivity index (χ3n) is 6.53. The molecule has 0 radical (unpaired) electrons. The molecule has 0 spiro atoms. The Balaban J connectivity index is 1.47. The summed E-state index contributed by atoms with van der Waals surface area (Å²) >= 11 is 0. The molecule has 0 bridgehead atoms. The normalized spacial score (nSPS) is 18.4. The fourth-order valence-corrected chi connectivity index (χ4v) is 4.70. The van der Waals surface area contributed by atoms with Crippen molar-refractivity contribution < 1.29 is 17.9 Å². The molecule has 1 nitrogen and oxygen atoms in total. The van der Waals surface area contributed by atoms with Gasteiger partial charge in [-0.3, -0.25) is 0 Å². The second-order valence-electron chi connectivity index (χ2n) is 8.63. The smallest absolute Gasteiger partial charge is 0.159 e. The van der Waals surface area contributed by atoms with Crippen molar-refractivity contribution >= 4 is 10.8 Å². The van der Waals surface area contributed by atoms with Gasteiger partial charge in [0, 0.05) is 24.7 Å². The quantitative estimate of drug-likeness (QED) is 0.300. The first-order valence-corrected chi connectivity index (χ1v) is 11.2. The van der Waals surface area contributed by atoms with Crippen molar-refractivity contribution in [2.45, 2.75) is 44.4 Å². The van der Waals surface area contributed by atoms with Gasteiger partial charge >= 0.3 is 0 Å². The monoisotopic (exact) mass is 436 g/mol. The fourth-order valence-electron chi connectivity index (χ4n) is 4.70. The Morgan fingerprint density at radius 1 is 0.844 bits per heavy atom. The first-order valence-electron chi connectivity index (χ1n) is 11.2. The Morgan fingerprint density at radius 2 is 1.59 bits per heavy atom. The van der Waals surface area contributed by atoms with Crippen LogP contribution in [-0.2, 0) is 4.74 Å². The van der Waals surface area contributed by atoms with Gasteiger partial charge in [0.25, 0.3) is 0 Å². The van der Waals surface area contributed by atoms with E-state index in [1.54, 1.807) is 37.4 Å². The maximum atomic E-state index is 14.8. The maximum Gasteiger partial charge on any atom is 0.159 e. The van der Waals surface area contributed by atoms with Crippen LogP contribution >= 0.6 is 0 Å². The first-order chi connectivity index (χ1) is 15.5. The molecule has 32 heavy (non-hydrogen) atoms. The average Bonchev–Trinajstić information content (AvgIpc) is 2.80. The Hall–Kier alpha value is -2.77. The van der Waals surface area contributed by atoms with Crippen LogP contribution in [0.1, 0.15) is 61.1 Å². The van der Waals surface area contributed by atoms with Crippen LogP contribution in [0.2, 0.25) is 0 Å². The summed E-state index contributed by atoms with van der Waals surface area (Å²) in [7, 11) is 1.74. The summed E-state index contributed by atoms with van der Waals surface area (Å²) in [5, 5.41) is 1.07. The number of halogens is 3. The lowest BCUT2D eigenvalue weighted by molar-refractivity contribution is 0.180. The minimum Gasteiger partial charge on any atom is -0.385 e. The predicted molar refractivity (Wildman–Crippen MR) is 122 cm³/mol. The van der Waals surface area contributed by atoms with E-state index in [9.17, 15) is 13.2 Å². The largest absolute Gasteiger partial charge is 0.385 e. The lowest BCUT2D eigenvalue weighted by Gasteiger charge is -2.29. The van der Waals surface area contributed by atoms with E-state index < -0.39 is 11.6 Å². The lowest BCUT2D eigenvalue weighted by atomic mass is 9.77. The summed E-state index contributed by atoms with van der Waals surface area (Å²) in [6, 6.07) is 12.8. The molecule has 0 amide bonds. The molecule has 0 aliphatic heterocycles. The van der Waals surface area contributed by atoms with Gasteiger partial charge in [-0.1, -0.05) is 30.0 Å². The maximum absolute atomic E-state index is 14.8. The molecule has 4 rings (SSSR count). The molecule has 1 aliphatic rings. The Bertz CT molecular complexity index is 1150. The molecule has 0 unspecified atom stereocenters. The highest BCUT2D eigenvalue weighted by atomic mass is 19.2. The van der Waals surface area contributed by atoms with Gasteiger partial charge < -0.3 is 4.74 Å². The summed E-state index contributed by atoms with van der Waals surface area (Å²) in [4.78, 5) is 0.